The number of fused-ring (bicyclic) bond motifs is 1. The smallest absolute Gasteiger partial charge is 0.245 e. The summed E-state index contributed by atoms with van der Waals surface area (Å²) in [7, 11) is 0. The monoisotopic (exact) mass is 311 g/mol. The normalized spacial score (nSPS) is 12.4. The minimum atomic E-state index is 0.156. The predicted molar refractivity (Wildman–Crippen MR) is 90.0 cm³/mol. The molecule has 2 aromatic heterocycles. The Hall–Kier alpha value is -2.63. The van der Waals surface area contributed by atoms with Crippen LogP contribution in [0.5, 0.6) is 5.88 Å². The topological polar surface area (TPSA) is 89.7 Å². The van der Waals surface area contributed by atoms with Gasteiger partial charge in [0.25, 0.3) is 0 Å². The van der Waals surface area contributed by atoms with E-state index in [0.29, 0.717) is 29.6 Å². The van der Waals surface area contributed by atoms with Crippen molar-refractivity contribution in [3.05, 3.63) is 41.7 Å². The molecule has 1 aromatic carbocycles. The molecule has 0 saturated carbocycles. The second-order valence-electron chi connectivity index (χ2n) is 5.81. The number of hydrogen-bond acceptors (Lipinski definition) is 5. The van der Waals surface area contributed by atoms with Crippen molar-refractivity contribution < 1.29 is 4.74 Å². The largest absolute Gasteiger partial charge is 0.471 e. The van der Waals surface area contributed by atoms with E-state index in [9.17, 15) is 0 Å². The summed E-state index contributed by atoms with van der Waals surface area (Å²) in [5.74, 6) is 1.28. The Morgan fingerprint density at radius 3 is 2.65 bits per heavy atom. The van der Waals surface area contributed by atoms with E-state index in [1.54, 1.807) is 6.33 Å². The van der Waals surface area contributed by atoms with Crippen LogP contribution in [-0.2, 0) is 13.0 Å². The highest BCUT2D eigenvalue weighted by Gasteiger charge is 2.10. The van der Waals surface area contributed by atoms with Crippen LogP contribution in [0.3, 0.4) is 0 Å². The van der Waals surface area contributed by atoms with Crippen LogP contribution in [0.4, 0.5) is 5.95 Å². The lowest BCUT2D eigenvalue weighted by Crippen LogP contribution is -2.03. The van der Waals surface area contributed by atoms with Gasteiger partial charge in [-0.05, 0) is 23.5 Å². The van der Waals surface area contributed by atoms with Gasteiger partial charge in [-0.15, -0.1) is 0 Å². The van der Waals surface area contributed by atoms with E-state index in [0.717, 1.165) is 12.0 Å². The zero-order valence-electron chi connectivity index (χ0n) is 13.4. The second kappa shape index (κ2) is 6.64. The zero-order chi connectivity index (χ0) is 16.2. The highest BCUT2D eigenvalue weighted by Crippen LogP contribution is 2.21. The van der Waals surface area contributed by atoms with Gasteiger partial charge in [0.2, 0.25) is 11.8 Å². The fraction of sp³-hybridized carbons (Fsp3) is 0.353. The first-order valence-corrected chi connectivity index (χ1v) is 7.83. The third kappa shape index (κ3) is 3.59. The number of imidazole rings is 1. The van der Waals surface area contributed by atoms with Crippen molar-refractivity contribution in [2.24, 2.45) is 5.92 Å². The minimum absolute atomic E-state index is 0.156. The Kier molecular flexibility index (Phi) is 4.41. The van der Waals surface area contributed by atoms with Crippen molar-refractivity contribution in [3.63, 3.8) is 0 Å². The number of ether oxygens (including phenoxy) is 1. The third-order valence-electron chi connectivity index (χ3n) is 3.95. The number of anilines is 1. The van der Waals surface area contributed by atoms with E-state index >= 15 is 0 Å². The fourth-order valence-electron chi connectivity index (χ4n) is 2.40. The van der Waals surface area contributed by atoms with E-state index in [2.05, 4.69) is 58.0 Å². The summed E-state index contributed by atoms with van der Waals surface area (Å²) < 4.78 is 5.78. The molecule has 1 atom stereocenters. The Balaban J connectivity index is 1.69. The van der Waals surface area contributed by atoms with Crippen LogP contribution < -0.4 is 10.5 Å². The van der Waals surface area contributed by atoms with Gasteiger partial charge in [-0.25, -0.2) is 4.98 Å². The molecule has 2 heterocycles. The molecule has 3 N–H and O–H groups in total. The molecule has 6 nitrogen and oxygen atoms in total. The van der Waals surface area contributed by atoms with Gasteiger partial charge >= 0.3 is 0 Å². The van der Waals surface area contributed by atoms with Gasteiger partial charge in [-0.3, -0.25) is 0 Å². The van der Waals surface area contributed by atoms with Crippen LogP contribution >= 0.6 is 0 Å². The Bertz CT molecular complexity index is 781. The van der Waals surface area contributed by atoms with Crippen LogP contribution in [0.1, 0.15) is 31.4 Å². The average molecular weight is 311 g/mol. The van der Waals surface area contributed by atoms with Crippen molar-refractivity contribution in [1.82, 2.24) is 19.9 Å². The van der Waals surface area contributed by atoms with Gasteiger partial charge in [0.15, 0.2) is 5.65 Å². The van der Waals surface area contributed by atoms with Gasteiger partial charge in [0.05, 0.1) is 6.33 Å². The van der Waals surface area contributed by atoms with Crippen LogP contribution in [0.15, 0.2) is 30.6 Å². The lowest BCUT2D eigenvalue weighted by atomic mass is 9.98. The van der Waals surface area contributed by atoms with Crippen molar-refractivity contribution >= 4 is 17.1 Å². The summed E-state index contributed by atoms with van der Waals surface area (Å²) in [4.78, 5) is 15.2. The molecule has 23 heavy (non-hydrogen) atoms. The van der Waals surface area contributed by atoms with Crippen molar-refractivity contribution in [1.29, 1.82) is 0 Å². The SMILES string of the molecule is CCC(C)Cc1ccc(COc2nc(N)nc3nc[nH]c23)cc1. The van der Waals surface area contributed by atoms with E-state index < -0.39 is 0 Å². The molecule has 3 rings (SSSR count). The van der Waals surface area contributed by atoms with Crippen molar-refractivity contribution in [2.75, 3.05) is 5.73 Å². The van der Waals surface area contributed by atoms with Crippen LogP contribution in [0.2, 0.25) is 0 Å². The quantitative estimate of drug-likeness (QED) is 0.730. The molecule has 0 spiro atoms. The van der Waals surface area contributed by atoms with Gasteiger partial charge in [0, 0.05) is 0 Å². The summed E-state index contributed by atoms with van der Waals surface area (Å²) in [5, 5.41) is 0. The van der Waals surface area contributed by atoms with E-state index in [-0.39, 0.29) is 5.95 Å². The molecule has 0 aliphatic rings. The number of rotatable bonds is 6. The predicted octanol–water partition coefficient (Wildman–Crippen LogP) is 3.10. The van der Waals surface area contributed by atoms with Gasteiger partial charge < -0.3 is 15.5 Å². The maximum atomic E-state index is 5.78. The van der Waals surface area contributed by atoms with Gasteiger partial charge in [0.1, 0.15) is 12.1 Å². The molecule has 0 aliphatic carbocycles. The molecule has 0 amide bonds. The molecule has 0 fully saturated rings. The summed E-state index contributed by atoms with van der Waals surface area (Å²) in [6, 6.07) is 8.49. The lowest BCUT2D eigenvalue weighted by molar-refractivity contribution is 0.297. The second-order valence-corrected chi connectivity index (χ2v) is 5.81. The Morgan fingerprint density at radius 2 is 1.91 bits per heavy atom. The van der Waals surface area contributed by atoms with Crippen LogP contribution in [0.25, 0.3) is 11.2 Å². The number of nitrogens with one attached hydrogen (secondary N) is 1. The summed E-state index contributed by atoms with van der Waals surface area (Å²) >= 11 is 0. The maximum Gasteiger partial charge on any atom is 0.245 e. The summed E-state index contributed by atoms with van der Waals surface area (Å²) in [6.07, 6.45) is 3.85. The highest BCUT2D eigenvalue weighted by molar-refractivity contribution is 5.76. The molecule has 0 bridgehead atoms. The number of aromatic amines is 1. The molecule has 6 heteroatoms. The third-order valence-corrected chi connectivity index (χ3v) is 3.95. The van der Waals surface area contributed by atoms with Gasteiger partial charge in [-0.2, -0.15) is 9.97 Å². The van der Waals surface area contributed by atoms with E-state index in [1.807, 2.05) is 0 Å². The number of benzene rings is 1. The van der Waals surface area contributed by atoms with E-state index in [1.165, 1.54) is 12.0 Å². The molecule has 120 valence electrons. The number of H-pyrrole nitrogens is 1. The maximum absolute atomic E-state index is 5.78. The van der Waals surface area contributed by atoms with Crippen LogP contribution in [-0.4, -0.2) is 19.9 Å². The number of nitrogen functional groups attached to an aromatic ring is 1. The first kappa shape index (κ1) is 15.3. The molecule has 0 aliphatic heterocycles. The first-order chi connectivity index (χ1) is 11.2. The van der Waals surface area contributed by atoms with Crippen molar-refractivity contribution in [3.8, 4) is 5.88 Å². The first-order valence-electron chi connectivity index (χ1n) is 7.83. The summed E-state index contributed by atoms with van der Waals surface area (Å²) in [5.41, 5.74) is 9.28. The lowest BCUT2D eigenvalue weighted by Gasteiger charge is -2.10. The van der Waals surface area contributed by atoms with Crippen LogP contribution in [0, 0.1) is 5.92 Å². The fourth-order valence-corrected chi connectivity index (χ4v) is 2.40. The molecule has 3 aromatic rings. The number of hydrogen-bond donors (Lipinski definition) is 2. The summed E-state index contributed by atoms with van der Waals surface area (Å²) in [6.45, 7) is 4.91. The zero-order valence-corrected chi connectivity index (χ0v) is 13.4. The Labute approximate surface area is 135 Å². The molecule has 0 radical (unpaired) electrons. The van der Waals surface area contributed by atoms with E-state index in [4.69, 9.17) is 10.5 Å². The molecule has 0 saturated heterocycles. The highest BCUT2D eigenvalue weighted by atomic mass is 16.5. The van der Waals surface area contributed by atoms with Crippen molar-refractivity contribution in [2.45, 2.75) is 33.3 Å². The molecule has 1 unspecified atom stereocenters. The standard InChI is InChI=1S/C17H21N5O/c1-3-11(2)8-12-4-6-13(7-5-12)9-23-16-14-15(20-10-19-14)21-17(18)22-16/h4-7,10-11H,3,8-9H2,1-2H3,(H3,18,19,20,21,22). The Morgan fingerprint density at radius 1 is 1.17 bits per heavy atom. The number of nitrogens with zero attached hydrogens (tertiary/aromatic N) is 3. The van der Waals surface area contributed by atoms with Gasteiger partial charge in [-0.1, -0.05) is 44.5 Å². The minimum Gasteiger partial charge on any atom is -0.471 e. The molecular weight excluding hydrogens is 290 g/mol. The number of aromatic nitrogens is 4. The molecular formula is C17H21N5O. The average Bonchev–Trinajstić information content (AvgIpc) is 3.02. The number of nitrogens with two attached hydrogens (primary N) is 1.